The van der Waals surface area contributed by atoms with Crippen LogP contribution in [0.3, 0.4) is 0 Å². The molecule has 2 saturated heterocycles. The number of anilines is 1. The number of piperazine rings is 1. The molecule has 2 aliphatic rings. The lowest BCUT2D eigenvalue weighted by molar-refractivity contribution is -0.136. The average Bonchev–Trinajstić information content (AvgIpc) is 3.23. The second kappa shape index (κ2) is 9.57. The Balaban J connectivity index is 1.47. The molecule has 34 heavy (non-hydrogen) atoms. The molecule has 0 spiro atoms. The van der Waals surface area contributed by atoms with Gasteiger partial charge in [-0.2, -0.15) is 13.2 Å². The standard InChI is InChI=1S/C22H28F3N5O3S/c1-13-11-30(9-8-28(13)3)21(32)33-14-4-6-29(7-5-14)17-10-16(22(23,24)25)19-18(27-17)15(12-34-19)20(31)26-2/h10,12-14H,4-9,11H2,1-3H3,(H,26,31)/t13-/m0/s1. The number of carbonyl (C=O) groups is 2. The predicted octanol–water partition coefficient (Wildman–Crippen LogP) is 3.42. The Kier molecular flexibility index (Phi) is 6.90. The van der Waals surface area contributed by atoms with Gasteiger partial charge in [0.15, 0.2) is 0 Å². The smallest absolute Gasteiger partial charge is 0.417 e. The number of nitrogens with zero attached hydrogens (tertiary/aromatic N) is 4. The van der Waals surface area contributed by atoms with E-state index in [2.05, 4.69) is 22.1 Å². The molecule has 4 rings (SSSR count). The maximum atomic E-state index is 13.8. The zero-order valence-corrected chi connectivity index (χ0v) is 20.1. The summed E-state index contributed by atoms with van der Waals surface area (Å²) in [5.41, 5.74) is -0.627. The van der Waals surface area contributed by atoms with Crippen molar-refractivity contribution in [2.24, 2.45) is 0 Å². The Morgan fingerprint density at radius 2 is 1.91 bits per heavy atom. The molecule has 2 amide bonds. The number of rotatable bonds is 3. The molecule has 1 N–H and O–H groups in total. The first kappa shape index (κ1) is 24.5. The van der Waals surface area contributed by atoms with Crippen LogP contribution in [-0.2, 0) is 10.9 Å². The third-order valence-electron chi connectivity index (χ3n) is 6.54. The molecular weight excluding hydrogens is 471 g/mol. The Hall–Kier alpha value is -2.60. The van der Waals surface area contributed by atoms with E-state index >= 15 is 0 Å². The highest BCUT2D eigenvalue weighted by atomic mass is 32.1. The van der Waals surface area contributed by atoms with E-state index in [0.29, 0.717) is 39.0 Å². The number of alkyl halides is 3. The van der Waals surface area contributed by atoms with Crippen molar-refractivity contribution in [2.45, 2.75) is 38.1 Å². The Morgan fingerprint density at radius 3 is 2.53 bits per heavy atom. The highest BCUT2D eigenvalue weighted by Crippen LogP contribution is 2.40. The molecule has 0 radical (unpaired) electrons. The lowest BCUT2D eigenvalue weighted by Crippen LogP contribution is -2.53. The molecule has 4 heterocycles. The first-order valence-corrected chi connectivity index (χ1v) is 12.1. The minimum Gasteiger partial charge on any atom is -0.446 e. The maximum absolute atomic E-state index is 13.8. The molecule has 1 atom stereocenters. The van der Waals surface area contributed by atoms with E-state index in [4.69, 9.17) is 4.74 Å². The number of ether oxygens (including phenoxy) is 1. The molecule has 8 nitrogen and oxygen atoms in total. The fourth-order valence-corrected chi connectivity index (χ4v) is 5.32. The molecule has 0 saturated carbocycles. The summed E-state index contributed by atoms with van der Waals surface area (Å²) in [5, 5.41) is 3.85. The molecule has 0 unspecified atom stereocenters. The molecule has 2 aromatic heterocycles. The number of nitrogens with one attached hydrogen (secondary N) is 1. The maximum Gasteiger partial charge on any atom is 0.417 e. The summed E-state index contributed by atoms with van der Waals surface area (Å²) in [6.45, 7) is 4.84. The zero-order valence-electron chi connectivity index (χ0n) is 19.3. The second-order valence-electron chi connectivity index (χ2n) is 8.78. The first-order valence-electron chi connectivity index (χ1n) is 11.2. The topological polar surface area (TPSA) is 78.0 Å². The summed E-state index contributed by atoms with van der Waals surface area (Å²) < 4.78 is 47.0. The number of pyridine rings is 1. The molecule has 2 fully saturated rings. The van der Waals surface area contributed by atoms with Gasteiger partial charge in [-0.15, -0.1) is 11.3 Å². The Morgan fingerprint density at radius 1 is 1.21 bits per heavy atom. The van der Waals surface area contributed by atoms with E-state index in [-0.39, 0.29) is 39.8 Å². The summed E-state index contributed by atoms with van der Waals surface area (Å²) in [7, 11) is 3.45. The molecule has 0 bridgehead atoms. The Labute approximate surface area is 199 Å². The summed E-state index contributed by atoms with van der Waals surface area (Å²) in [4.78, 5) is 34.8. The van der Waals surface area contributed by atoms with Crippen molar-refractivity contribution in [3.8, 4) is 0 Å². The fraction of sp³-hybridized carbons (Fsp3) is 0.591. The third kappa shape index (κ3) is 4.92. The number of carbonyl (C=O) groups excluding carboxylic acids is 2. The van der Waals surface area contributed by atoms with Crippen molar-refractivity contribution in [1.82, 2.24) is 20.1 Å². The number of thiophene rings is 1. The monoisotopic (exact) mass is 499 g/mol. The quantitative estimate of drug-likeness (QED) is 0.698. The molecular formula is C22H28F3N5O3S. The normalized spacial score (nSPS) is 20.6. The van der Waals surface area contributed by atoms with Crippen LogP contribution in [0.15, 0.2) is 11.4 Å². The molecule has 0 aliphatic carbocycles. The number of hydrogen-bond acceptors (Lipinski definition) is 7. The molecule has 12 heteroatoms. The predicted molar refractivity (Wildman–Crippen MR) is 123 cm³/mol. The van der Waals surface area contributed by atoms with E-state index in [9.17, 15) is 22.8 Å². The van der Waals surface area contributed by atoms with Crippen LogP contribution in [0.5, 0.6) is 0 Å². The van der Waals surface area contributed by atoms with Crippen molar-refractivity contribution < 1.29 is 27.5 Å². The van der Waals surface area contributed by atoms with Crippen LogP contribution >= 0.6 is 11.3 Å². The number of hydrogen-bond donors (Lipinski definition) is 1. The zero-order chi connectivity index (χ0) is 24.6. The Bertz CT molecular complexity index is 1070. The SMILES string of the molecule is CNC(=O)c1csc2c(C(F)(F)F)cc(N3CCC(OC(=O)N4CCN(C)[C@@H](C)C4)CC3)nc12. The highest BCUT2D eigenvalue weighted by molar-refractivity contribution is 7.17. The van der Waals surface area contributed by atoms with E-state index in [1.54, 1.807) is 9.80 Å². The lowest BCUT2D eigenvalue weighted by Gasteiger charge is -2.38. The van der Waals surface area contributed by atoms with Crippen LogP contribution in [0.1, 0.15) is 35.7 Å². The number of aromatic nitrogens is 1. The minimum atomic E-state index is -4.58. The fourth-order valence-electron chi connectivity index (χ4n) is 4.30. The van der Waals surface area contributed by atoms with Crippen molar-refractivity contribution in [1.29, 1.82) is 0 Å². The number of amides is 2. The molecule has 2 aromatic rings. The lowest BCUT2D eigenvalue weighted by atomic mass is 10.1. The third-order valence-corrected chi connectivity index (χ3v) is 7.54. The van der Waals surface area contributed by atoms with Gasteiger partial charge in [-0.25, -0.2) is 9.78 Å². The van der Waals surface area contributed by atoms with Gasteiger partial charge in [-0.05, 0) is 20.0 Å². The van der Waals surface area contributed by atoms with Gasteiger partial charge in [-0.3, -0.25) is 4.79 Å². The molecule has 0 aromatic carbocycles. The van der Waals surface area contributed by atoms with Crippen LogP contribution in [-0.4, -0.2) is 85.7 Å². The van der Waals surface area contributed by atoms with E-state index in [1.165, 1.54) is 12.4 Å². The van der Waals surface area contributed by atoms with E-state index in [1.807, 2.05) is 7.05 Å². The van der Waals surface area contributed by atoms with Crippen LogP contribution in [0, 0.1) is 0 Å². The van der Waals surface area contributed by atoms with Crippen molar-refractivity contribution in [2.75, 3.05) is 51.7 Å². The summed E-state index contributed by atoms with van der Waals surface area (Å²) in [6.07, 6.45) is -4.24. The average molecular weight is 500 g/mol. The van der Waals surface area contributed by atoms with Gasteiger partial charge >= 0.3 is 12.3 Å². The number of halogens is 3. The largest absolute Gasteiger partial charge is 0.446 e. The van der Waals surface area contributed by atoms with Gasteiger partial charge in [0.1, 0.15) is 11.9 Å². The molecule has 2 aliphatic heterocycles. The summed E-state index contributed by atoms with van der Waals surface area (Å²) in [5.74, 6) is -0.311. The van der Waals surface area contributed by atoms with Gasteiger partial charge in [-0.1, -0.05) is 0 Å². The summed E-state index contributed by atoms with van der Waals surface area (Å²) in [6, 6.07) is 1.30. The van der Waals surface area contributed by atoms with E-state index in [0.717, 1.165) is 23.9 Å². The van der Waals surface area contributed by atoms with Gasteiger partial charge in [0.05, 0.1) is 21.3 Å². The van der Waals surface area contributed by atoms with Gasteiger partial charge < -0.3 is 24.8 Å². The van der Waals surface area contributed by atoms with Crippen molar-refractivity contribution >= 4 is 39.4 Å². The number of fused-ring (bicyclic) bond motifs is 1. The van der Waals surface area contributed by atoms with Crippen LogP contribution in [0.4, 0.5) is 23.8 Å². The summed E-state index contributed by atoms with van der Waals surface area (Å²) >= 11 is 0.860. The van der Waals surface area contributed by atoms with Gasteiger partial charge in [0.2, 0.25) is 0 Å². The second-order valence-corrected chi connectivity index (χ2v) is 9.66. The number of piperidine rings is 1. The highest BCUT2D eigenvalue weighted by Gasteiger charge is 2.36. The molecule has 186 valence electrons. The van der Waals surface area contributed by atoms with Crippen LogP contribution in [0.2, 0.25) is 0 Å². The van der Waals surface area contributed by atoms with E-state index < -0.39 is 17.6 Å². The number of likely N-dealkylation sites (N-methyl/N-ethyl adjacent to an activating group) is 1. The van der Waals surface area contributed by atoms with Crippen molar-refractivity contribution in [3.05, 3.63) is 22.6 Å². The van der Waals surface area contributed by atoms with Gasteiger partial charge in [0, 0.05) is 64.0 Å². The van der Waals surface area contributed by atoms with Crippen molar-refractivity contribution in [3.63, 3.8) is 0 Å². The first-order chi connectivity index (χ1) is 16.1. The van der Waals surface area contributed by atoms with Gasteiger partial charge in [0.25, 0.3) is 5.91 Å². The van der Waals surface area contributed by atoms with Crippen LogP contribution in [0.25, 0.3) is 10.2 Å². The minimum absolute atomic E-state index is 0.0481. The van der Waals surface area contributed by atoms with Crippen LogP contribution < -0.4 is 10.2 Å².